The molecule has 1 fully saturated rings. The molecule has 3 heterocycles. The zero-order chi connectivity index (χ0) is 21.7. The van der Waals surface area contributed by atoms with E-state index < -0.39 is 10.2 Å². The highest BCUT2D eigenvalue weighted by atomic mass is 32.2. The van der Waals surface area contributed by atoms with Gasteiger partial charge in [-0.25, -0.2) is 4.98 Å². The third-order valence-corrected chi connectivity index (χ3v) is 6.29. The van der Waals surface area contributed by atoms with Crippen LogP contribution in [0.25, 0.3) is 11.0 Å². The van der Waals surface area contributed by atoms with Gasteiger partial charge in [0, 0.05) is 54.9 Å². The lowest BCUT2D eigenvalue weighted by Gasteiger charge is -2.31. The number of hydrogen-bond acceptors (Lipinski definition) is 4. The predicted molar refractivity (Wildman–Crippen MR) is 118 cm³/mol. The Morgan fingerprint density at radius 1 is 1.23 bits per heavy atom. The number of piperidine rings is 1. The van der Waals surface area contributed by atoms with Gasteiger partial charge < -0.3 is 9.88 Å². The topological polar surface area (TPSA) is 107 Å². The molecule has 1 atom stereocenters. The number of rotatable bonds is 5. The molecule has 1 saturated heterocycles. The van der Waals surface area contributed by atoms with Crippen molar-refractivity contribution in [2.45, 2.75) is 25.4 Å². The normalized spacial score (nSPS) is 16.6. The molecule has 0 aliphatic carbocycles. The fraction of sp³-hybridized carbons (Fsp3) is 0.273. The molecule has 31 heavy (non-hydrogen) atoms. The van der Waals surface area contributed by atoms with Gasteiger partial charge >= 0.3 is 0 Å². The van der Waals surface area contributed by atoms with Crippen LogP contribution in [0.2, 0.25) is 0 Å². The lowest BCUT2D eigenvalue weighted by Crippen LogP contribution is -2.51. The van der Waals surface area contributed by atoms with Gasteiger partial charge in [-0.3, -0.25) is 4.79 Å². The van der Waals surface area contributed by atoms with Crippen molar-refractivity contribution in [1.82, 2.24) is 24.3 Å². The van der Waals surface area contributed by atoms with Crippen molar-refractivity contribution in [1.29, 1.82) is 0 Å². The summed E-state index contributed by atoms with van der Waals surface area (Å²) in [7, 11) is -3.74. The highest BCUT2D eigenvalue weighted by molar-refractivity contribution is 7.87. The zero-order valence-electron chi connectivity index (χ0n) is 16.8. The van der Waals surface area contributed by atoms with Crippen LogP contribution in [0.1, 0.15) is 24.0 Å². The van der Waals surface area contributed by atoms with Gasteiger partial charge in [-0.2, -0.15) is 17.9 Å². The number of aromatic amines is 1. The monoisotopic (exact) mass is 437 g/mol. The number of fused-ring (bicyclic) bond motifs is 1. The second-order valence-electron chi connectivity index (χ2n) is 7.36. The van der Waals surface area contributed by atoms with E-state index in [1.807, 2.05) is 36.4 Å². The lowest BCUT2D eigenvalue weighted by molar-refractivity contribution is -0.126. The first-order valence-electron chi connectivity index (χ1n) is 10.0. The first-order valence-corrected chi connectivity index (χ1v) is 11.5. The van der Waals surface area contributed by atoms with Crippen molar-refractivity contribution in [3.63, 3.8) is 0 Å². The van der Waals surface area contributed by atoms with Gasteiger partial charge in [0.25, 0.3) is 16.1 Å². The molecule has 1 unspecified atom stereocenters. The van der Waals surface area contributed by atoms with E-state index in [-0.39, 0.29) is 18.5 Å². The minimum Gasteiger partial charge on any atom is -0.346 e. The van der Waals surface area contributed by atoms with E-state index >= 15 is 0 Å². The van der Waals surface area contributed by atoms with E-state index in [2.05, 4.69) is 31.3 Å². The second-order valence-corrected chi connectivity index (χ2v) is 8.89. The number of pyridine rings is 1. The summed E-state index contributed by atoms with van der Waals surface area (Å²) in [6.45, 7) is 1.00. The molecule has 1 aliphatic heterocycles. The molecule has 2 aromatic heterocycles. The Balaban J connectivity index is 1.34. The third-order valence-electron chi connectivity index (χ3n) is 5.12. The first kappa shape index (κ1) is 21.1. The molecule has 160 valence electrons. The van der Waals surface area contributed by atoms with Gasteiger partial charge in [0.05, 0.1) is 0 Å². The molecule has 0 radical (unpaired) electrons. The summed E-state index contributed by atoms with van der Waals surface area (Å²) in [6.07, 6.45) is 4.77. The maximum Gasteiger partial charge on any atom is 0.298 e. The van der Waals surface area contributed by atoms with E-state index in [1.165, 1.54) is 0 Å². The molecule has 1 amide bonds. The molecule has 0 saturated carbocycles. The van der Waals surface area contributed by atoms with E-state index in [4.69, 9.17) is 0 Å². The maximum absolute atomic E-state index is 12.6. The number of aromatic nitrogens is 2. The fourth-order valence-corrected chi connectivity index (χ4v) is 4.65. The van der Waals surface area contributed by atoms with E-state index in [0.29, 0.717) is 31.6 Å². The number of amides is 1. The fourth-order valence-electron chi connectivity index (χ4n) is 3.59. The molecule has 3 aromatic rings. The van der Waals surface area contributed by atoms with Crippen LogP contribution in [0.3, 0.4) is 0 Å². The molecule has 4 rings (SSSR count). The van der Waals surface area contributed by atoms with Crippen molar-refractivity contribution in [3.8, 4) is 11.8 Å². The first-order chi connectivity index (χ1) is 15.0. The average Bonchev–Trinajstić information content (AvgIpc) is 3.26. The van der Waals surface area contributed by atoms with Crippen LogP contribution in [-0.2, 0) is 21.5 Å². The lowest BCUT2D eigenvalue weighted by atomic mass is 10.1. The van der Waals surface area contributed by atoms with Crippen molar-refractivity contribution >= 4 is 27.1 Å². The number of benzene rings is 1. The second kappa shape index (κ2) is 9.31. The van der Waals surface area contributed by atoms with Gasteiger partial charge in [-0.15, -0.1) is 0 Å². The number of nitrogens with zero attached hydrogens (tertiary/aromatic N) is 2. The van der Waals surface area contributed by atoms with Crippen molar-refractivity contribution in [3.05, 3.63) is 66.0 Å². The van der Waals surface area contributed by atoms with Crippen LogP contribution in [0.4, 0.5) is 0 Å². The summed E-state index contributed by atoms with van der Waals surface area (Å²) >= 11 is 0. The summed E-state index contributed by atoms with van der Waals surface area (Å²) < 4.78 is 30.4. The van der Waals surface area contributed by atoms with Crippen LogP contribution in [0.5, 0.6) is 0 Å². The highest BCUT2D eigenvalue weighted by Crippen LogP contribution is 2.15. The predicted octanol–water partition coefficient (Wildman–Crippen LogP) is 1.53. The van der Waals surface area contributed by atoms with Gasteiger partial charge in [0.1, 0.15) is 5.65 Å². The minimum absolute atomic E-state index is 0.143. The Morgan fingerprint density at radius 3 is 2.90 bits per heavy atom. The largest absolute Gasteiger partial charge is 0.346 e. The maximum atomic E-state index is 12.6. The molecule has 0 bridgehead atoms. The minimum atomic E-state index is -3.74. The third kappa shape index (κ3) is 5.49. The summed E-state index contributed by atoms with van der Waals surface area (Å²) in [6, 6.07) is 12.6. The molecule has 8 nitrogen and oxygen atoms in total. The Kier molecular flexibility index (Phi) is 6.32. The Labute approximate surface area is 181 Å². The number of carbonyl (C=O) groups excluding carboxylic acids is 1. The average molecular weight is 438 g/mol. The molecular formula is C22H23N5O3S. The summed E-state index contributed by atoms with van der Waals surface area (Å²) in [5, 5.41) is 0.872. The molecule has 0 spiro atoms. The van der Waals surface area contributed by atoms with Gasteiger partial charge in [-0.1, -0.05) is 24.1 Å². The summed E-state index contributed by atoms with van der Waals surface area (Å²) in [5.41, 5.74) is 2.30. The van der Waals surface area contributed by atoms with Crippen molar-refractivity contribution in [2.75, 3.05) is 13.1 Å². The summed E-state index contributed by atoms with van der Waals surface area (Å²) in [5.74, 6) is 5.21. The van der Waals surface area contributed by atoms with E-state index in [9.17, 15) is 13.2 Å². The van der Waals surface area contributed by atoms with Crippen molar-refractivity contribution < 1.29 is 13.2 Å². The van der Waals surface area contributed by atoms with Gasteiger partial charge in [-0.05, 0) is 42.7 Å². The number of nitrogens with one attached hydrogen (secondary N) is 3. The highest BCUT2D eigenvalue weighted by Gasteiger charge is 2.26. The Bertz CT molecular complexity index is 1230. The van der Waals surface area contributed by atoms with Crippen LogP contribution in [0.15, 0.2) is 54.9 Å². The van der Waals surface area contributed by atoms with Crippen LogP contribution in [0, 0.1) is 11.8 Å². The van der Waals surface area contributed by atoms with Crippen LogP contribution < -0.4 is 9.44 Å². The Morgan fingerprint density at radius 2 is 2.06 bits per heavy atom. The van der Waals surface area contributed by atoms with Gasteiger partial charge in [0.15, 0.2) is 0 Å². The molecule has 1 aliphatic rings. The molecular weight excluding hydrogens is 414 g/mol. The quantitative estimate of drug-likeness (QED) is 0.526. The number of carbonyl (C=O) groups is 1. The Hall–Kier alpha value is -3.19. The van der Waals surface area contributed by atoms with Crippen LogP contribution in [-0.4, -0.2) is 48.3 Å². The van der Waals surface area contributed by atoms with Crippen LogP contribution >= 0.6 is 0 Å². The number of likely N-dealkylation sites (tertiary alicyclic amines) is 1. The smallest absolute Gasteiger partial charge is 0.298 e. The van der Waals surface area contributed by atoms with Gasteiger partial charge in [0.2, 0.25) is 0 Å². The standard InChI is InChI=1S/C22H23N5O3S/c28-21(9-8-17-5-2-1-3-6-17)27-14-4-7-19(16-27)26-31(29,30)25-15-18-10-12-23-22-20(18)11-13-24-22/h1-3,5-6,10-13,19,25-26H,4,7,14-16H2,(H,23,24). The molecule has 1 aromatic carbocycles. The summed E-state index contributed by atoms with van der Waals surface area (Å²) in [4.78, 5) is 21.2. The zero-order valence-corrected chi connectivity index (χ0v) is 17.7. The number of H-pyrrole nitrogens is 1. The SMILES string of the molecule is O=C(C#Cc1ccccc1)N1CCCC(NS(=O)(=O)NCc2ccnc3[nH]ccc23)C1. The van der Waals surface area contributed by atoms with Crippen molar-refractivity contribution in [2.24, 2.45) is 0 Å². The number of hydrogen-bond donors (Lipinski definition) is 3. The van der Waals surface area contributed by atoms with E-state index in [1.54, 1.807) is 23.4 Å². The molecule has 3 N–H and O–H groups in total. The van der Waals surface area contributed by atoms with E-state index in [0.717, 1.165) is 16.5 Å². The molecule has 9 heteroatoms.